The van der Waals surface area contributed by atoms with Gasteiger partial charge >= 0.3 is 5.69 Å². The first kappa shape index (κ1) is 21.0. The normalized spacial score (nSPS) is 12.5. The van der Waals surface area contributed by atoms with Crippen molar-refractivity contribution in [3.63, 3.8) is 0 Å². The second-order valence-corrected chi connectivity index (χ2v) is 7.43. The Morgan fingerprint density at radius 2 is 1.52 bits per heavy atom. The maximum absolute atomic E-state index is 12.2. The van der Waals surface area contributed by atoms with Gasteiger partial charge in [0.05, 0.1) is 31.4 Å². The van der Waals surface area contributed by atoms with Gasteiger partial charge in [0.1, 0.15) is 0 Å². The summed E-state index contributed by atoms with van der Waals surface area (Å²) in [6, 6.07) is 11.9. The summed E-state index contributed by atoms with van der Waals surface area (Å²) in [5.74, 6) is 1.37. The smallest absolute Gasteiger partial charge is 0.328 e. The summed E-state index contributed by atoms with van der Waals surface area (Å²) >= 11 is 0. The van der Waals surface area contributed by atoms with E-state index >= 15 is 0 Å². The zero-order valence-electron chi connectivity index (χ0n) is 17.7. The average molecular weight is 399 g/mol. The number of fused-ring (bicyclic) bond motifs is 1. The molecule has 1 aromatic heterocycles. The van der Waals surface area contributed by atoms with E-state index in [4.69, 9.17) is 9.47 Å². The molecule has 0 bridgehead atoms. The van der Waals surface area contributed by atoms with E-state index in [1.807, 2.05) is 36.4 Å². The number of imidazole rings is 1. The van der Waals surface area contributed by atoms with Crippen molar-refractivity contribution in [1.82, 2.24) is 14.0 Å². The van der Waals surface area contributed by atoms with Crippen LogP contribution in [0.2, 0.25) is 0 Å². The van der Waals surface area contributed by atoms with Crippen LogP contribution in [0.1, 0.15) is 18.1 Å². The molecule has 0 unspecified atom stereocenters. The van der Waals surface area contributed by atoms with Crippen LogP contribution in [-0.4, -0.2) is 46.0 Å². The Morgan fingerprint density at radius 1 is 0.931 bits per heavy atom. The van der Waals surface area contributed by atoms with Crippen LogP contribution < -0.4 is 15.2 Å². The van der Waals surface area contributed by atoms with E-state index in [0.29, 0.717) is 31.1 Å². The summed E-state index contributed by atoms with van der Waals surface area (Å²) in [7, 11) is 6.80. The Bertz CT molecular complexity index is 1050. The minimum absolute atomic E-state index is 0.0386. The molecule has 0 aliphatic rings. The lowest BCUT2D eigenvalue weighted by Gasteiger charge is -2.24. The van der Waals surface area contributed by atoms with Gasteiger partial charge in [0.15, 0.2) is 11.5 Å². The van der Waals surface area contributed by atoms with Crippen LogP contribution in [0.3, 0.4) is 0 Å². The number of aromatic nitrogens is 2. The standard InChI is InChI=1S/C22H29N3O4/c1-15(26)12-25(14-17-7-9-20(28-4)21(11-17)29-5)13-16-6-8-18-19(10-16)24(3)22(27)23(18)2/h6-11,15,26H,12-14H2,1-5H3/t15-/m1/s1. The number of aryl methyl sites for hydroxylation is 2. The van der Waals surface area contributed by atoms with E-state index in [1.165, 1.54) is 0 Å². The van der Waals surface area contributed by atoms with Gasteiger partial charge in [-0.3, -0.25) is 14.0 Å². The number of aliphatic hydroxyl groups is 1. The maximum Gasteiger partial charge on any atom is 0.328 e. The van der Waals surface area contributed by atoms with Crippen LogP contribution >= 0.6 is 0 Å². The highest BCUT2D eigenvalue weighted by Gasteiger charge is 2.14. The molecule has 1 heterocycles. The number of hydrogen-bond donors (Lipinski definition) is 1. The monoisotopic (exact) mass is 399 g/mol. The lowest BCUT2D eigenvalue weighted by Crippen LogP contribution is -2.30. The Kier molecular flexibility index (Phi) is 6.30. The fourth-order valence-corrected chi connectivity index (χ4v) is 3.70. The molecule has 0 amide bonds. The van der Waals surface area contributed by atoms with Gasteiger partial charge in [0, 0.05) is 33.7 Å². The fraction of sp³-hybridized carbons (Fsp3) is 0.409. The van der Waals surface area contributed by atoms with Crippen molar-refractivity contribution in [1.29, 1.82) is 0 Å². The number of hydrogen-bond acceptors (Lipinski definition) is 5. The van der Waals surface area contributed by atoms with E-state index < -0.39 is 6.10 Å². The number of aliphatic hydroxyl groups excluding tert-OH is 1. The molecule has 7 heteroatoms. The highest BCUT2D eigenvalue weighted by molar-refractivity contribution is 5.76. The van der Waals surface area contributed by atoms with Gasteiger partial charge in [-0.1, -0.05) is 12.1 Å². The summed E-state index contributed by atoms with van der Waals surface area (Å²) in [5.41, 5.74) is 3.92. The molecule has 29 heavy (non-hydrogen) atoms. The van der Waals surface area contributed by atoms with Crippen LogP contribution in [0.25, 0.3) is 11.0 Å². The minimum atomic E-state index is -0.458. The first-order valence-electron chi connectivity index (χ1n) is 9.59. The molecule has 2 aromatic carbocycles. The summed E-state index contributed by atoms with van der Waals surface area (Å²) in [4.78, 5) is 14.4. The Morgan fingerprint density at radius 3 is 2.14 bits per heavy atom. The molecule has 0 aliphatic carbocycles. The molecule has 7 nitrogen and oxygen atoms in total. The Hall–Kier alpha value is -2.77. The van der Waals surface area contributed by atoms with Crippen molar-refractivity contribution in [3.05, 3.63) is 58.0 Å². The number of benzene rings is 2. The summed E-state index contributed by atoms with van der Waals surface area (Å²) in [6.07, 6.45) is -0.458. The number of methoxy groups -OCH3 is 2. The molecule has 0 aliphatic heterocycles. The first-order chi connectivity index (χ1) is 13.8. The number of ether oxygens (including phenoxy) is 2. The maximum atomic E-state index is 12.2. The predicted molar refractivity (Wildman–Crippen MR) is 114 cm³/mol. The van der Waals surface area contributed by atoms with Crippen molar-refractivity contribution in [3.8, 4) is 11.5 Å². The Balaban J connectivity index is 1.87. The first-order valence-corrected chi connectivity index (χ1v) is 9.59. The Labute approximate surface area is 170 Å². The zero-order chi connectivity index (χ0) is 21.1. The van der Waals surface area contributed by atoms with Crippen LogP contribution in [0.5, 0.6) is 11.5 Å². The van der Waals surface area contributed by atoms with E-state index in [2.05, 4.69) is 4.90 Å². The fourth-order valence-electron chi connectivity index (χ4n) is 3.70. The topological polar surface area (TPSA) is 68.9 Å². The van der Waals surface area contributed by atoms with E-state index in [0.717, 1.165) is 22.2 Å². The third kappa shape index (κ3) is 4.46. The van der Waals surface area contributed by atoms with E-state index in [-0.39, 0.29) is 5.69 Å². The molecule has 0 saturated heterocycles. The van der Waals surface area contributed by atoms with E-state index in [1.54, 1.807) is 44.4 Å². The number of nitrogens with zero attached hydrogens (tertiary/aromatic N) is 3. The molecule has 0 saturated carbocycles. The van der Waals surface area contributed by atoms with Crippen LogP contribution in [0, 0.1) is 0 Å². The second-order valence-electron chi connectivity index (χ2n) is 7.43. The van der Waals surface area contributed by atoms with Gasteiger partial charge in [-0.15, -0.1) is 0 Å². The van der Waals surface area contributed by atoms with Crippen LogP contribution in [-0.2, 0) is 27.2 Å². The summed E-state index contributed by atoms with van der Waals surface area (Å²) in [5, 5.41) is 9.98. The summed E-state index contributed by atoms with van der Waals surface area (Å²) < 4.78 is 14.0. The van der Waals surface area contributed by atoms with Crippen molar-refractivity contribution >= 4 is 11.0 Å². The largest absolute Gasteiger partial charge is 0.493 e. The molecule has 0 radical (unpaired) electrons. The van der Waals surface area contributed by atoms with Gasteiger partial charge in [-0.25, -0.2) is 4.79 Å². The van der Waals surface area contributed by atoms with Crippen LogP contribution in [0.15, 0.2) is 41.2 Å². The SMILES string of the molecule is COc1ccc(CN(Cc2ccc3c(c2)n(C)c(=O)n3C)C[C@@H](C)O)cc1OC. The molecule has 3 rings (SSSR count). The molecule has 1 atom stereocenters. The van der Waals surface area contributed by atoms with Crippen molar-refractivity contribution in [2.24, 2.45) is 14.1 Å². The zero-order valence-corrected chi connectivity index (χ0v) is 17.7. The predicted octanol–water partition coefficient (Wildman–Crippen LogP) is 2.28. The molecule has 156 valence electrons. The quantitative estimate of drug-likeness (QED) is 0.629. The van der Waals surface area contributed by atoms with Gasteiger partial charge in [-0.2, -0.15) is 0 Å². The summed E-state index contributed by atoms with van der Waals surface area (Å²) in [6.45, 7) is 3.61. The van der Waals surface area contributed by atoms with Gasteiger partial charge < -0.3 is 14.6 Å². The van der Waals surface area contributed by atoms with Gasteiger partial charge in [-0.05, 0) is 42.3 Å². The molecule has 0 spiro atoms. The third-order valence-corrected chi connectivity index (χ3v) is 5.12. The average Bonchev–Trinajstić information content (AvgIpc) is 2.91. The van der Waals surface area contributed by atoms with Gasteiger partial charge in [0.2, 0.25) is 0 Å². The molecular formula is C22H29N3O4. The second kappa shape index (κ2) is 8.71. The van der Waals surface area contributed by atoms with Crippen LogP contribution in [0.4, 0.5) is 0 Å². The lowest BCUT2D eigenvalue weighted by atomic mass is 10.1. The third-order valence-electron chi connectivity index (χ3n) is 5.12. The molecule has 1 N–H and O–H groups in total. The molecule has 3 aromatic rings. The van der Waals surface area contributed by atoms with Crippen molar-refractivity contribution < 1.29 is 14.6 Å². The van der Waals surface area contributed by atoms with E-state index in [9.17, 15) is 9.90 Å². The highest BCUT2D eigenvalue weighted by atomic mass is 16.5. The highest BCUT2D eigenvalue weighted by Crippen LogP contribution is 2.28. The number of rotatable bonds is 8. The van der Waals surface area contributed by atoms with Gasteiger partial charge in [0.25, 0.3) is 0 Å². The lowest BCUT2D eigenvalue weighted by molar-refractivity contribution is 0.118. The minimum Gasteiger partial charge on any atom is -0.493 e. The molecular weight excluding hydrogens is 370 g/mol. The van der Waals surface area contributed by atoms with Crippen molar-refractivity contribution in [2.45, 2.75) is 26.1 Å². The molecule has 0 fully saturated rings. The van der Waals surface area contributed by atoms with Crippen molar-refractivity contribution in [2.75, 3.05) is 20.8 Å².